The highest BCUT2D eigenvalue weighted by molar-refractivity contribution is 5.58. The third kappa shape index (κ3) is 4.06. The first kappa shape index (κ1) is 20.0. The lowest BCUT2D eigenvalue weighted by Gasteiger charge is -2.25. The molecule has 0 heterocycles. The molecule has 0 aliphatic carbocycles. The topological polar surface area (TPSA) is 6.48 Å². The lowest BCUT2D eigenvalue weighted by Crippen LogP contribution is -2.12. The highest BCUT2D eigenvalue weighted by Gasteiger charge is 2.21. The zero-order chi connectivity index (χ0) is 20.4. The van der Waals surface area contributed by atoms with Crippen molar-refractivity contribution >= 4 is 11.4 Å². The van der Waals surface area contributed by atoms with E-state index in [4.69, 9.17) is 0 Å². The first-order chi connectivity index (χ1) is 13.3. The molecular formula is C26H32N2. The Kier molecular flexibility index (Phi) is 5.79. The largest absolute Gasteiger partial charge is 0.378 e. The molecule has 0 radical (unpaired) electrons. The van der Waals surface area contributed by atoms with E-state index in [1.54, 1.807) is 0 Å². The van der Waals surface area contributed by atoms with E-state index in [0.717, 1.165) is 0 Å². The van der Waals surface area contributed by atoms with E-state index in [-0.39, 0.29) is 5.92 Å². The van der Waals surface area contributed by atoms with Gasteiger partial charge in [-0.1, -0.05) is 42.0 Å². The summed E-state index contributed by atoms with van der Waals surface area (Å²) in [7, 11) is 8.37. The number of hydrogen-bond donors (Lipinski definition) is 0. The zero-order valence-corrected chi connectivity index (χ0v) is 18.2. The molecule has 0 atom stereocenters. The van der Waals surface area contributed by atoms with Gasteiger partial charge in [-0.05, 0) is 72.9 Å². The fraction of sp³-hybridized carbons (Fsp3) is 0.308. The molecule has 3 rings (SSSR count). The molecule has 3 aromatic rings. The number of anilines is 2. The Hall–Kier alpha value is -2.74. The normalized spacial score (nSPS) is 11.0. The van der Waals surface area contributed by atoms with E-state index in [0.29, 0.717) is 0 Å². The molecule has 0 amide bonds. The second-order valence-corrected chi connectivity index (χ2v) is 8.21. The van der Waals surface area contributed by atoms with Gasteiger partial charge in [0.2, 0.25) is 0 Å². The molecule has 2 nitrogen and oxygen atoms in total. The van der Waals surface area contributed by atoms with Crippen LogP contribution in [0.2, 0.25) is 0 Å². The lowest BCUT2D eigenvalue weighted by molar-refractivity contribution is 0.944. The summed E-state index contributed by atoms with van der Waals surface area (Å²) in [6.45, 7) is 6.60. The number of rotatable bonds is 5. The maximum Gasteiger partial charge on any atom is 0.0363 e. The average Bonchev–Trinajstić information content (AvgIpc) is 2.65. The van der Waals surface area contributed by atoms with Crippen molar-refractivity contribution in [3.8, 4) is 0 Å². The summed E-state index contributed by atoms with van der Waals surface area (Å²) >= 11 is 0. The minimum atomic E-state index is 0.230. The fourth-order valence-corrected chi connectivity index (χ4v) is 3.81. The van der Waals surface area contributed by atoms with Crippen molar-refractivity contribution in [3.05, 3.63) is 94.0 Å². The first-order valence-electron chi connectivity index (χ1n) is 9.90. The fourth-order valence-electron chi connectivity index (χ4n) is 3.81. The van der Waals surface area contributed by atoms with Crippen LogP contribution in [0.15, 0.2) is 60.7 Å². The van der Waals surface area contributed by atoms with Crippen molar-refractivity contribution in [3.63, 3.8) is 0 Å². The van der Waals surface area contributed by atoms with Gasteiger partial charge in [0.05, 0.1) is 0 Å². The van der Waals surface area contributed by atoms with E-state index in [1.807, 2.05) is 0 Å². The SMILES string of the molecule is Cc1ccc(C(c2ccc(N(C)C)cc2C)c2ccc(N(C)C)cc2C)cc1. The summed E-state index contributed by atoms with van der Waals surface area (Å²) in [6, 6.07) is 22.6. The smallest absolute Gasteiger partial charge is 0.0363 e. The van der Waals surface area contributed by atoms with E-state index in [9.17, 15) is 0 Å². The molecule has 0 bridgehead atoms. The van der Waals surface area contributed by atoms with Gasteiger partial charge in [-0.3, -0.25) is 0 Å². The van der Waals surface area contributed by atoms with Crippen molar-refractivity contribution < 1.29 is 0 Å². The van der Waals surface area contributed by atoms with Gasteiger partial charge in [-0.15, -0.1) is 0 Å². The molecule has 0 aliphatic rings. The molecule has 2 heteroatoms. The molecule has 0 spiro atoms. The molecule has 0 aliphatic heterocycles. The van der Waals surface area contributed by atoms with Gasteiger partial charge in [0, 0.05) is 45.5 Å². The second kappa shape index (κ2) is 8.10. The van der Waals surface area contributed by atoms with Crippen LogP contribution < -0.4 is 9.80 Å². The summed E-state index contributed by atoms with van der Waals surface area (Å²) in [5.41, 5.74) is 10.5. The Bertz CT molecular complexity index is 895. The predicted octanol–water partition coefficient (Wildman–Crippen LogP) is 5.92. The van der Waals surface area contributed by atoms with Gasteiger partial charge in [-0.25, -0.2) is 0 Å². The summed E-state index contributed by atoms with van der Waals surface area (Å²) in [5, 5.41) is 0. The molecule has 146 valence electrons. The molecule has 0 saturated heterocycles. The third-order valence-electron chi connectivity index (χ3n) is 5.57. The van der Waals surface area contributed by atoms with Crippen LogP contribution in [0.5, 0.6) is 0 Å². The van der Waals surface area contributed by atoms with Crippen molar-refractivity contribution in [1.82, 2.24) is 0 Å². The van der Waals surface area contributed by atoms with Crippen LogP contribution in [-0.2, 0) is 0 Å². The minimum absolute atomic E-state index is 0.230. The van der Waals surface area contributed by atoms with Crippen molar-refractivity contribution in [2.45, 2.75) is 26.7 Å². The number of benzene rings is 3. The van der Waals surface area contributed by atoms with Crippen LogP contribution in [0.25, 0.3) is 0 Å². The zero-order valence-electron chi connectivity index (χ0n) is 18.2. The van der Waals surface area contributed by atoms with Gasteiger partial charge >= 0.3 is 0 Å². The van der Waals surface area contributed by atoms with Crippen LogP contribution in [0.1, 0.15) is 39.3 Å². The van der Waals surface area contributed by atoms with Gasteiger partial charge in [0.1, 0.15) is 0 Å². The van der Waals surface area contributed by atoms with Gasteiger partial charge in [0.25, 0.3) is 0 Å². The maximum atomic E-state index is 2.30. The maximum absolute atomic E-state index is 2.30. The standard InChI is InChI=1S/C26H32N2/c1-18-8-10-21(11-9-18)26(24-14-12-22(27(4)5)16-19(24)2)25-15-13-23(28(6)7)17-20(25)3/h8-17,26H,1-7H3. The first-order valence-corrected chi connectivity index (χ1v) is 9.90. The molecule has 28 heavy (non-hydrogen) atoms. The molecule has 0 N–H and O–H groups in total. The quantitative estimate of drug-likeness (QED) is 0.513. The lowest BCUT2D eigenvalue weighted by atomic mass is 9.81. The number of hydrogen-bond acceptors (Lipinski definition) is 2. The summed E-state index contributed by atoms with van der Waals surface area (Å²) in [4.78, 5) is 4.32. The van der Waals surface area contributed by atoms with Crippen molar-refractivity contribution in [2.75, 3.05) is 38.0 Å². The monoisotopic (exact) mass is 372 g/mol. The summed E-state index contributed by atoms with van der Waals surface area (Å²) in [5.74, 6) is 0.230. The Morgan fingerprint density at radius 3 is 1.36 bits per heavy atom. The Balaban J connectivity index is 2.18. The third-order valence-corrected chi connectivity index (χ3v) is 5.57. The van der Waals surface area contributed by atoms with Gasteiger partial charge in [-0.2, -0.15) is 0 Å². The number of aryl methyl sites for hydroxylation is 3. The molecule has 0 unspecified atom stereocenters. The van der Waals surface area contributed by atoms with Crippen LogP contribution in [0, 0.1) is 20.8 Å². The van der Waals surface area contributed by atoms with E-state index in [2.05, 4.69) is 119 Å². The van der Waals surface area contributed by atoms with E-state index in [1.165, 1.54) is 44.8 Å². The van der Waals surface area contributed by atoms with Crippen LogP contribution >= 0.6 is 0 Å². The van der Waals surface area contributed by atoms with Crippen molar-refractivity contribution in [2.24, 2.45) is 0 Å². The molecule has 0 aromatic heterocycles. The van der Waals surface area contributed by atoms with Crippen LogP contribution in [0.4, 0.5) is 11.4 Å². The van der Waals surface area contributed by atoms with Gasteiger partial charge in [0.15, 0.2) is 0 Å². The van der Waals surface area contributed by atoms with E-state index < -0.39 is 0 Å². The summed E-state index contributed by atoms with van der Waals surface area (Å²) < 4.78 is 0. The summed E-state index contributed by atoms with van der Waals surface area (Å²) in [6.07, 6.45) is 0. The Morgan fingerprint density at radius 2 is 1.00 bits per heavy atom. The second-order valence-electron chi connectivity index (χ2n) is 8.21. The molecule has 3 aromatic carbocycles. The average molecular weight is 373 g/mol. The Morgan fingerprint density at radius 1 is 0.571 bits per heavy atom. The number of nitrogens with zero attached hydrogens (tertiary/aromatic N) is 2. The van der Waals surface area contributed by atoms with Crippen LogP contribution in [-0.4, -0.2) is 28.2 Å². The predicted molar refractivity (Wildman–Crippen MR) is 123 cm³/mol. The highest BCUT2D eigenvalue weighted by Crippen LogP contribution is 2.37. The molecule has 0 saturated carbocycles. The van der Waals surface area contributed by atoms with E-state index >= 15 is 0 Å². The molecular weight excluding hydrogens is 340 g/mol. The molecule has 0 fully saturated rings. The van der Waals surface area contributed by atoms with Crippen molar-refractivity contribution in [1.29, 1.82) is 0 Å². The van der Waals surface area contributed by atoms with Gasteiger partial charge < -0.3 is 9.80 Å². The minimum Gasteiger partial charge on any atom is -0.378 e. The highest BCUT2D eigenvalue weighted by atomic mass is 15.1. The van der Waals surface area contributed by atoms with Crippen LogP contribution in [0.3, 0.4) is 0 Å². The Labute approximate surface area is 170 Å².